The summed E-state index contributed by atoms with van der Waals surface area (Å²) >= 11 is 0. The van der Waals surface area contributed by atoms with Crippen molar-refractivity contribution in [3.63, 3.8) is 0 Å². The smallest absolute Gasteiger partial charge is 1.00 e. The van der Waals surface area contributed by atoms with Crippen LogP contribution in [0.2, 0.25) is 0 Å². The molecule has 0 spiro atoms. The molecule has 0 fully saturated rings. The van der Waals surface area contributed by atoms with E-state index >= 15 is 0 Å². The van der Waals surface area contributed by atoms with E-state index in [1.165, 1.54) is 38.2 Å². The van der Waals surface area contributed by atoms with Gasteiger partial charge in [-0.2, -0.15) is 8.42 Å². The molecular formula is C15H25NaO3S. The molecule has 0 saturated heterocycles. The van der Waals surface area contributed by atoms with E-state index in [9.17, 15) is 8.42 Å². The molecule has 0 atom stereocenters. The second kappa shape index (κ2) is 10.8. The summed E-state index contributed by atoms with van der Waals surface area (Å²) in [5.74, 6) is 0. The third kappa shape index (κ3) is 7.79. The van der Waals surface area contributed by atoms with Crippen LogP contribution in [0.5, 0.6) is 0 Å². The summed E-state index contributed by atoms with van der Waals surface area (Å²) in [6.07, 6.45) is 9.10. The molecule has 0 unspecified atom stereocenters. The van der Waals surface area contributed by atoms with Crippen LogP contribution in [0.1, 0.15) is 58.9 Å². The maximum atomic E-state index is 11.2. The van der Waals surface area contributed by atoms with Gasteiger partial charge in [0.2, 0.25) is 0 Å². The van der Waals surface area contributed by atoms with E-state index in [1.807, 2.05) is 6.07 Å². The largest absolute Gasteiger partial charge is 1.00 e. The summed E-state index contributed by atoms with van der Waals surface area (Å²) in [5.41, 5.74) is 0.721. The molecule has 0 aliphatic rings. The monoisotopic (exact) mass is 308 g/mol. The van der Waals surface area contributed by atoms with E-state index in [2.05, 4.69) is 6.92 Å². The number of hydrogen-bond acceptors (Lipinski definition) is 2. The average Bonchev–Trinajstić information content (AvgIpc) is 2.37. The Morgan fingerprint density at radius 2 is 1.55 bits per heavy atom. The molecule has 0 radical (unpaired) electrons. The van der Waals surface area contributed by atoms with E-state index in [4.69, 9.17) is 4.55 Å². The molecule has 0 heterocycles. The number of benzene rings is 1. The van der Waals surface area contributed by atoms with Gasteiger partial charge in [0.25, 0.3) is 10.1 Å². The van der Waals surface area contributed by atoms with Crippen molar-refractivity contribution in [2.24, 2.45) is 0 Å². The molecule has 1 rings (SSSR count). The molecule has 1 aromatic rings. The SMILES string of the molecule is CCCCCCCCCc1ccccc1S(=O)(=O)O.[H-].[Na+]. The minimum atomic E-state index is -4.09. The summed E-state index contributed by atoms with van der Waals surface area (Å²) in [4.78, 5) is 0.0565. The quantitative estimate of drug-likeness (QED) is 0.425. The molecule has 1 N–H and O–H groups in total. The number of aryl methyl sites for hydroxylation is 1. The van der Waals surface area contributed by atoms with Gasteiger partial charge in [0.1, 0.15) is 0 Å². The Bertz CT molecular complexity index is 478. The number of hydrogen-bond donors (Lipinski definition) is 1. The van der Waals surface area contributed by atoms with Crippen LogP contribution in [-0.2, 0) is 16.5 Å². The zero-order chi connectivity index (χ0) is 14.1. The molecule has 0 amide bonds. The van der Waals surface area contributed by atoms with Gasteiger partial charge in [-0.1, -0.05) is 63.6 Å². The Morgan fingerprint density at radius 1 is 1.00 bits per heavy atom. The molecule has 0 bridgehead atoms. The van der Waals surface area contributed by atoms with Crippen molar-refractivity contribution in [1.29, 1.82) is 0 Å². The third-order valence-corrected chi connectivity index (χ3v) is 4.25. The van der Waals surface area contributed by atoms with Crippen LogP contribution < -0.4 is 29.6 Å². The van der Waals surface area contributed by atoms with Crippen molar-refractivity contribution < 1.29 is 44.0 Å². The predicted octanol–water partition coefficient (Wildman–Crippen LogP) is 1.34. The number of unbranched alkanes of at least 4 members (excludes halogenated alkanes) is 6. The first-order valence-corrected chi connectivity index (χ1v) is 8.55. The molecule has 0 saturated carbocycles. The van der Waals surface area contributed by atoms with Crippen LogP contribution in [0.3, 0.4) is 0 Å². The predicted molar refractivity (Wildman–Crippen MR) is 79.1 cm³/mol. The van der Waals surface area contributed by atoms with Crippen LogP contribution in [0.4, 0.5) is 0 Å². The first kappa shape index (κ1) is 20.1. The van der Waals surface area contributed by atoms with Gasteiger partial charge in [-0.15, -0.1) is 0 Å². The summed E-state index contributed by atoms with van der Waals surface area (Å²) in [6.45, 7) is 2.20. The fourth-order valence-electron chi connectivity index (χ4n) is 2.23. The fraction of sp³-hybridized carbons (Fsp3) is 0.600. The maximum absolute atomic E-state index is 11.2. The first-order valence-electron chi connectivity index (χ1n) is 7.11. The van der Waals surface area contributed by atoms with Gasteiger partial charge in [-0.25, -0.2) is 0 Å². The van der Waals surface area contributed by atoms with E-state index in [1.54, 1.807) is 12.1 Å². The standard InChI is InChI=1S/C15H24O3S.Na.H/c1-2-3-4-5-6-7-8-11-14-12-9-10-13-15(14)19(16,17)18;;/h9-10,12-13H,2-8,11H2,1H3,(H,16,17,18);;/q;+1;-1. The van der Waals surface area contributed by atoms with Gasteiger partial charge in [0.15, 0.2) is 0 Å². The van der Waals surface area contributed by atoms with Gasteiger partial charge in [0, 0.05) is 0 Å². The molecule has 1 aromatic carbocycles. The normalized spacial score (nSPS) is 11.1. The van der Waals surface area contributed by atoms with E-state index < -0.39 is 10.1 Å². The van der Waals surface area contributed by atoms with E-state index in [-0.39, 0.29) is 35.9 Å². The van der Waals surface area contributed by atoms with E-state index in [0.717, 1.165) is 18.4 Å². The Kier molecular flexibility index (Phi) is 10.9. The molecule has 3 nitrogen and oxygen atoms in total. The van der Waals surface area contributed by atoms with Crippen molar-refractivity contribution in [2.45, 2.75) is 63.2 Å². The minimum absolute atomic E-state index is 0. The molecule has 0 aliphatic carbocycles. The van der Waals surface area contributed by atoms with Crippen LogP contribution in [0.25, 0.3) is 0 Å². The average molecular weight is 308 g/mol. The van der Waals surface area contributed by atoms with Crippen molar-refractivity contribution in [3.05, 3.63) is 29.8 Å². The van der Waals surface area contributed by atoms with Gasteiger partial charge in [-0.05, 0) is 24.5 Å². The van der Waals surface area contributed by atoms with Gasteiger partial charge >= 0.3 is 29.6 Å². The Morgan fingerprint density at radius 3 is 2.15 bits per heavy atom. The molecule has 20 heavy (non-hydrogen) atoms. The van der Waals surface area contributed by atoms with E-state index in [0.29, 0.717) is 6.42 Å². The van der Waals surface area contributed by atoms with Crippen molar-refractivity contribution in [1.82, 2.24) is 0 Å². The summed E-state index contributed by atoms with van der Waals surface area (Å²) in [6, 6.07) is 6.69. The summed E-state index contributed by atoms with van der Waals surface area (Å²) in [5, 5.41) is 0. The summed E-state index contributed by atoms with van der Waals surface area (Å²) < 4.78 is 31.6. The fourth-order valence-corrected chi connectivity index (χ4v) is 2.99. The first-order chi connectivity index (χ1) is 9.05. The molecule has 110 valence electrons. The van der Waals surface area contributed by atoms with Gasteiger partial charge in [-0.3, -0.25) is 4.55 Å². The molecule has 0 aromatic heterocycles. The molecule has 5 heteroatoms. The van der Waals surface area contributed by atoms with Crippen molar-refractivity contribution >= 4 is 10.1 Å². The van der Waals surface area contributed by atoms with Gasteiger partial charge in [0.05, 0.1) is 4.90 Å². The van der Waals surface area contributed by atoms with Crippen LogP contribution in [-0.4, -0.2) is 13.0 Å². The van der Waals surface area contributed by atoms with Crippen molar-refractivity contribution in [3.8, 4) is 0 Å². The molecular weight excluding hydrogens is 283 g/mol. The zero-order valence-electron chi connectivity index (χ0n) is 13.6. The number of rotatable bonds is 9. The van der Waals surface area contributed by atoms with Crippen LogP contribution >= 0.6 is 0 Å². The van der Waals surface area contributed by atoms with Crippen LogP contribution in [0, 0.1) is 0 Å². The minimum Gasteiger partial charge on any atom is -1.00 e. The second-order valence-electron chi connectivity index (χ2n) is 4.95. The third-order valence-electron chi connectivity index (χ3n) is 3.30. The van der Waals surface area contributed by atoms with Gasteiger partial charge < -0.3 is 1.43 Å². The summed E-state index contributed by atoms with van der Waals surface area (Å²) in [7, 11) is -4.09. The second-order valence-corrected chi connectivity index (χ2v) is 6.34. The maximum Gasteiger partial charge on any atom is 1.00 e. The topological polar surface area (TPSA) is 54.4 Å². The van der Waals surface area contributed by atoms with Crippen molar-refractivity contribution in [2.75, 3.05) is 0 Å². The Hall–Kier alpha value is 0.130. The Balaban J connectivity index is 0. The molecule has 0 aliphatic heterocycles. The van der Waals surface area contributed by atoms with Crippen LogP contribution in [0.15, 0.2) is 29.2 Å². The zero-order valence-corrected chi connectivity index (χ0v) is 15.5. The Labute approximate surface area is 146 Å².